The molecule has 0 saturated heterocycles. The van der Waals surface area contributed by atoms with E-state index in [4.69, 9.17) is 21.1 Å². The minimum Gasteiger partial charge on any atom is -0.507 e. The zero-order chi connectivity index (χ0) is 20.2. The molecule has 0 bridgehead atoms. The Hall–Kier alpha value is -3.44. The van der Waals surface area contributed by atoms with E-state index in [2.05, 4.69) is 10.2 Å². The highest BCUT2D eigenvalue weighted by molar-refractivity contribution is 6.30. The van der Waals surface area contributed by atoms with Gasteiger partial charge in [-0.05, 0) is 35.9 Å². The van der Waals surface area contributed by atoms with Crippen molar-refractivity contribution >= 4 is 11.6 Å². The SMILES string of the molecule is COc1ccccc1-c1c[nH]nc1-c1ccc(OCc2ccc(Cl)cc2)cc1O. The van der Waals surface area contributed by atoms with Crippen molar-refractivity contribution in [2.75, 3.05) is 7.11 Å². The molecule has 0 unspecified atom stereocenters. The van der Waals surface area contributed by atoms with Gasteiger partial charge < -0.3 is 14.6 Å². The van der Waals surface area contributed by atoms with Gasteiger partial charge in [0.15, 0.2) is 0 Å². The van der Waals surface area contributed by atoms with Gasteiger partial charge in [0.25, 0.3) is 0 Å². The fraction of sp³-hybridized carbons (Fsp3) is 0.0870. The number of phenolic OH excluding ortho intramolecular Hbond substituents is 1. The third-order valence-electron chi connectivity index (χ3n) is 4.58. The Labute approximate surface area is 173 Å². The molecule has 0 aliphatic carbocycles. The molecular weight excluding hydrogens is 388 g/mol. The Morgan fingerprint density at radius 1 is 0.966 bits per heavy atom. The number of phenols is 1. The number of aromatic nitrogens is 2. The second kappa shape index (κ2) is 8.29. The van der Waals surface area contributed by atoms with Gasteiger partial charge in [-0.3, -0.25) is 5.10 Å². The summed E-state index contributed by atoms with van der Waals surface area (Å²) >= 11 is 5.90. The number of nitrogens with zero attached hydrogens (tertiary/aromatic N) is 1. The number of methoxy groups -OCH3 is 1. The summed E-state index contributed by atoms with van der Waals surface area (Å²) in [6.07, 6.45) is 1.79. The maximum atomic E-state index is 10.6. The molecule has 0 spiro atoms. The minimum absolute atomic E-state index is 0.0851. The molecule has 1 heterocycles. The predicted molar refractivity (Wildman–Crippen MR) is 113 cm³/mol. The lowest BCUT2D eigenvalue weighted by atomic mass is 10.0. The maximum Gasteiger partial charge on any atom is 0.128 e. The highest BCUT2D eigenvalue weighted by Gasteiger charge is 2.17. The molecule has 1 aromatic heterocycles. The molecular formula is C23H19ClN2O3. The van der Waals surface area contributed by atoms with Crippen LogP contribution in [0.25, 0.3) is 22.4 Å². The third-order valence-corrected chi connectivity index (χ3v) is 4.83. The summed E-state index contributed by atoms with van der Waals surface area (Å²) in [5, 5.41) is 18.5. The average Bonchev–Trinajstić information content (AvgIpc) is 3.22. The molecule has 29 heavy (non-hydrogen) atoms. The molecule has 146 valence electrons. The van der Waals surface area contributed by atoms with Crippen molar-refractivity contribution in [3.05, 3.63) is 83.5 Å². The topological polar surface area (TPSA) is 67.4 Å². The summed E-state index contributed by atoms with van der Waals surface area (Å²) in [5.41, 5.74) is 3.96. The number of benzene rings is 3. The first kappa shape index (κ1) is 18.9. The fourth-order valence-corrected chi connectivity index (χ4v) is 3.24. The van der Waals surface area contributed by atoms with Gasteiger partial charge in [-0.2, -0.15) is 5.10 Å². The molecule has 6 heteroatoms. The second-order valence-electron chi connectivity index (χ2n) is 6.44. The van der Waals surface area contributed by atoms with Gasteiger partial charge in [0.2, 0.25) is 0 Å². The van der Waals surface area contributed by atoms with E-state index in [0.717, 1.165) is 22.4 Å². The highest BCUT2D eigenvalue weighted by Crippen LogP contribution is 2.39. The molecule has 5 nitrogen and oxygen atoms in total. The van der Waals surface area contributed by atoms with Gasteiger partial charge in [0.1, 0.15) is 29.5 Å². The first-order valence-corrected chi connectivity index (χ1v) is 9.41. The molecule has 0 aliphatic rings. The van der Waals surface area contributed by atoms with Crippen molar-refractivity contribution < 1.29 is 14.6 Å². The summed E-state index contributed by atoms with van der Waals surface area (Å²) in [6.45, 7) is 0.380. The van der Waals surface area contributed by atoms with E-state index in [1.54, 1.807) is 25.4 Å². The van der Waals surface area contributed by atoms with Gasteiger partial charge >= 0.3 is 0 Å². The molecule has 2 N–H and O–H groups in total. The number of hydrogen-bond acceptors (Lipinski definition) is 4. The standard InChI is InChI=1S/C23H19ClN2O3/c1-28-22-5-3-2-4-18(22)20-13-25-26-23(20)19-11-10-17(12-21(19)27)29-14-15-6-8-16(24)9-7-15/h2-13,27H,14H2,1H3,(H,25,26). The monoisotopic (exact) mass is 406 g/mol. The molecule has 0 amide bonds. The fourth-order valence-electron chi connectivity index (χ4n) is 3.12. The normalized spacial score (nSPS) is 10.7. The average molecular weight is 407 g/mol. The van der Waals surface area contributed by atoms with Crippen molar-refractivity contribution in [3.8, 4) is 39.6 Å². The first-order valence-electron chi connectivity index (χ1n) is 9.03. The Bertz CT molecular complexity index is 1120. The number of H-pyrrole nitrogens is 1. The Morgan fingerprint density at radius 3 is 2.52 bits per heavy atom. The van der Waals surface area contributed by atoms with Gasteiger partial charge in [0, 0.05) is 34.0 Å². The van der Waals surface area contributed by atoms with Crippen LogP contribution >= 0.6 is 11.6 Å². The van der Waals surface area contributed by atoms with Gasteiger partial charge in [-0.15, -0.1) is 0 Å². The van der Waals surface area contributed by atoms with E-state index < -0.39 is 0 Å². The number of rotatable bonds is 6. The molecule has 0 atom stereocenters. The van der Waals surface area contributed by atoms with Crippen LogP contribution in [0.5, 0.6) is 17.2 Å². The quantitative estimate of drug-likeness (QED) is 0.431. The van der Waals surface area contributed by atoms with Crippen LogP contribution < -0.4 is 9.47 Å². The Balaban J connectivity index is 1.59. The number of para-hydroxylation sites is 1. The lowest BCUT2D eigenvalue weighted by molar-refractivity contribution is 0.304. The van der Waals surface area contributed by atoms with Gasteiger partial charge in [-0.25, -0.2) is 0 Å². The first-order chi connectivity index (χ1) is 14.2. The number of nitrogens with one attached hydrogen (secondary N) is 1. The number of aromatic amines is 1. The van der Waals surface area contributed by atoms with Crippen molar-refractivity contribution in [2.45, 2.75) is 6.61 Å². The van der Waals surface area contributed by atoms with Gasteiger partial charge in [0.05, 0.1) is 7.11 Å². The van der Waals surface area contributed by atoms with E-state index in [9.17, 15) is 5.11 Å². The van der Waals surface area contributed by atoms with Crippen LogP contribution in [0, 0.1) is 0 Å². The molecule has 3 aromatic carbocycles. The lowest BCUT2D eigenvalue weighted by Crippen LogP contribution is -1.95. The molecule has 4 aromatic rings. The smallest absolute Gasteiger partial charge is 0.128 e. The summed E-state index contributed by atoms with van der Waals surface area (Å²) in [4.78, 5) is 0. The van der Waals surface area contributed by atoms with Crippen molar-refractivity contribution in [1.82, 2.24) is 10.2 Å². The van der Waals surface area contributed by atoms with E-state index in [1.165, 1.54) is 0 Å². The van der Waals surface area contributed by atoms with Crippen LogP contribution in [0.2, 0.25) is 5.02 Å². The summed E-state index contributed by atoms with van der Waals surface area (Å²) in [6, 6.07) is 20.3. The summed E-state index contributed by atoms with van der Waals surface area (Å²) in [5.74, 6) is 1.38. The van der Waals surface area contributed by atoms with Crippen LogP contribution in [0.3, 0.4) is 0 Å². The molecule has 0 aliphatic heterocycles. The van der Waals surface area contributed by atoms with E-state index in [0.29, 0.717) is 28.6 Å². The van der Waals surface area contributed by atoms with Crippen LogP contribution in [0.15, 0.2) is 72.9 Å². The summed E-state index contributed by atoms with van der Waals surface area (Å²) < 4.78 is 11.2. The van der Waals surface area contributed by atoms with Crippen molar-refractivity contribution in [2.24, 2.45) is 0 Å². The van der Waals surface area contributed by atoms with Crippen LogP contribution in [-0.2, 0) is 6.61 Å². The molecule has 0 saturated carbocycles. The highest BCUT2D eigenvalue weighted by atomic mass is 35.5. The zero-order valence-electron chi connectivity index (χ0n) is 15.7. The molecule has 0 radical (unpaired) electrons. The third kappa shape index (κ3) is 4.05. The van der Waals surface area contributed by atoms with E-state index >= 15 is 0 Å². The van der Waals surface area contributed by atoms with E-state index in [1.807, 2.05) is 54.6 Å². The number of ether oxygens (including phenoxy) is 2. The van der Waals surface area contributed by atoms with Crippen LogP contribution in [0.4, 0.5) is 0 Å². The lowest BCUT2D eigenvalue weighted by Gasteiger charge is -2.11. The Kier molecular flexibility index (Phi) is 5.40. The zero-order valence-corrected chi connectivity index (χ0v) is 16.5. The predicted octanol–water partition coefficient (Wildman–Crippen LogP) is 5.69. The van der Waals surface area contributed by atoms with Gasteiger partial charge in [-0.1, -0.05) is 41.9 Å². The number of aromatic hydroxyl groups is 1. The number of halogens is 1. The minimum atomic E-state index is 0.0851. The van der Waals surface area contributed by atoms with Crippen molar-refractivity contribution in [3.63, 3.8) is 0 Å². The molecule has 4 rings (SSSR count). The largest absolute Gasteiger partial charge is 0.507 e. The van der Waals surface area contributed by atoms with E-state index in [-0.39, 0.29) is 5.75 Å². The van der Waals surface area contributed by atoms with Crippen LogP contribution in [-0.4, -0.2) is 22.4 Å². The Morgan fingerprint density at radius 2 is 1.76 bits per heavy atom. The summed E-state index contributed by atoms with van der Waals surface area (Å²) in [7, 11) is 1.63. The molecule has 0 fully saturated rings. The van der Waals surface area contributed by atoms with Crippen LogP contribution in [0.1, 0.15) is 5.56 Å². The number of hydrogen-bond donors (Lipinski definition) is 2. The van der Waals surface area contributed by atoms with Crippen molar-refractivity contribution in [1.29, 1.82) is 0 Å². The second-order valence-corrected chi connectivity index (χ2v) is 6.88. The maximum absolute atomic E-state index is 10.6.